The number of carbonyl (C=O) groups is 2. The summed E-state index contributed by atoms with van der Waals surface area (Å²) in [6, 6.07) is 15.8. The lowest BCUT2D eigenvalue weighted by atomic mass is 10.1. The molecular weight excluding hydrogens is 350 g/mol. The lowest BCUT2D eigenvalue weighted by molar-refractivity contribution is 0.0693. The Labute approximate surface area is 153 Å². The van der Waals surface area contributed by atoms with Crippen molar-refractivity contribution in [2.75, 3.05) is 5.32 Å². The summed E-state index contributed by atoms with van der Waals surface area (Å²) in [5.41, 5.74) is 3.20. The first-order valence-corrected chi connectivity index (χ1v) is 7.84. The number of carbonyl (C=O) groups excluding carboxylic acids is 1. The molecular formula is C19H15N3O5. The summed E-state index contributed by atoms with van der Waals surface area (Å²) in [5, 5.41) is 25.0. The molecule has 3 rings (SSSR count). The molecule has 2 amide bonds. The van der Waals surface area contributed by atoms with Crippen LogP contribution in [0.2, 0.25) is 0 Å². The zero-order chi connectivity index (χ0) is 19.2. The van der Waals surface area contributed by atoms with Crippen molar-refractivity contribution < 1.29 is 24.2 Å². The van der Waals surface area contributed by atoms with Crippen molar-refractivity contribution in [1.29, 1.82) is 0 Å². The van der Waals surface area contributed by atoms with Crippen molar-refractivity contribution in [2.24, 2.45) is 5.10 Å². The molecule has 4 N–H and O–H groups in total. The summed E-state index contributed by atoms with van der Waals surface area (Å²) in [6.07, 6.45) is 1.31. The molecule has 3 aromatic rings. The van der Waals surface area contributed by atoms with Gasteiger partial charge in [0.2, 0.25) is 0 Å². The van der Waals surface area contributed by atoms with E-state index in [1.165, 1.54) is 24.4 Å². The van der Waals surface area contributed by atoms with Crippen LogP contribution < -0.4 is 10.7 Å². The van der Waals surface area contributed by atoms with Crippen LogP contribution >= 0.6 is 0 Å². The first-order valence-electron chi connectivity index (χ1n) is 7.84. The second kappa shape index (κ2) is 7.87. The Hall–Kier alpha value is -4.07. The Morgan fingerprint density at radius 3 is 2.56 bits per heavy atom. The number of carboxylic acid groups (broad SMARTS) is 1. The molecule has 136 valence electrons. The number of para-hydroxylation sites is 1. The van der Waals surface area contributed by atoms with E-state index < -0.39 is 12.0 Å². The van der Waals surface area contributed by atoms with Crippen LogP contribution in [-0.2, 0) is 0 Å². The fraction of sp³-hybridized carbons (Fsp3) is 0. The normalized spacial score (nSPS) is 10.7. The number of furan rings is 1. The summed E-state index contributed by atoms with van der Waals surface area (Å²) >= 11 is 0. The maximum atomic E-state index is 11.7. The molecule has 0 saturated carbocycles. The van der Waals surface area contributed by atoms with Crippen LogP contribution in [0.1, 0.15) is 16.1 Å². The van der Waals surface area contributed by atoms with E-state index in [1.54, 1.807) is 36.4 Å². The van der Waals surface area contributed by atoms with Crippen LogP contribution in [0.4, 0.5) is 10.5 Å². The zero-order valence-corrected chi connectivity index (χ0v) is 13.9. The van der Waals surface area contributed by atoms with Gasteiger partial charge in [-0.05, 0) is 42.5 Å². The van der Waals surface area contributed by atoms with Crippen molar-refractivity contribution in [2.45, 2.75) is 0 Å². The fourth-order valence-electron chi connectivity index (χ4n) is 2.27. The SMILES string of the molecule is O=C(NN=Cc1ccc(-c2ccc(O)c(C(=O)O)c2)o1)Nc1ccccc1. The Balaban J connectivity index is 1.64. The molecule has 0 aliphatic rings. The van der Waals surface area contributed by atoms with Gasteiger partial charge in [0.25, 0.3) is 0 Å². The van der Waals surface area contributed by atoms with Crippen molar-refractivity contribution in [3.8, 4) is 17.1 Å². The van der Waals surface area contributed by atoms with Gasteiger partial charge in [-0.15, -0.1) is 0 Å². The van der Waals surface area contributed by atoms with Gasteiger partial charge >= 0.3 is 12.0 Å². The van der Waals surface area contributed by atoms with Crippen LogP contribution in [0, 0.1) is 0 Å². The van der Waals surface area contributed by atoms with Crippen LogP contribution in [0.15, 0.2) is 70.2 Å². The van der Waals surface area contributed by atoms with Crippen molar-refractivity contribution >= 4 is 23.9 Å². The smallest absolute Gasteiger partial charge is 0.339 e. The first-order chi connectivity index (χ1) is 13.0. The van der Waals surface area contributed by atoms with Crippen LogP contribution in [0.5, 0.6) is 5.75 Å². The Morgan fingerprint density at radius 2 is 1.81 bits per heavy atom. The largest absolute Gasteiger partial charge is 0.507 e. The second-order valence-corrected chi connectivity index (χ2v) is 5.43. The van der Waals surface area contributed by atoms with Crippen molar-refractivity contribution in [3.63, 3.8) is 0 Å². The summed E-state index contributed by atoms with van der Waals surface area (Å²) in [4.78, 5) is 22.8. The number of benzene rings is 2. The maximum absolute atomic E-state index is 11.7. The predicted molar refractivity (Wildman–Crippen MR) is 99.0 cm³/mol. The highest BCUT2D eigenvalue weighted by Crippen LogP contribution is 2.27. The van der Waals surface area contributed by atoms with E-state index in [1.807, 2.05) is 6.07 Å². The molecule has 0 fully saturated rings. The van der Waals surface area contributed by atoms with E-state index in [0.717, 1.165) is 0 Å². The summed E-state index contributed by atoms with van der Waals surface area (Å²) in [5.74, 6) is -0.813. The second-order valence-electron chi connectivity index (χ2n) is 5.43. The average Bonchev–Trinajstić information content (AvgIpc) is 3.11. The van der Waals surface area contributed by atoms with Gasteiger partial charge in [-0.1, -0.05) is 18.2 Å². The molecule has 0 bridgehead atoms. The monoisotopic (exact) mass is 365 g/mol. The van der Waals surface area contributed by atoms with E-state index in [9.17, 15) is 14.7 Å². The van der Waals surface area contributed by atoms with E-state index >= 15 is 0 Å². The molecule has 8 nitrogen and oxygen atoms in total. The van der Waals surface area contributed by atoms with Gasteiger partial charge in [0, 0.05) is 11.3 Å². The quantitative estimate of drug-likeness (QED) is 0.407. The minimum atomic E-state index is -1.24. The Morgan fingerprint density at radius 1 is 1.04 bits per heavy atom. The van der Waals surface area contributed by atoms with Crippen LogP contribution in [0.25, 0.3) is 11.3 Å². The molecule has 0 atom stereocenters. The van der Waals surface area contributed by atoms with Crippen LogP contribution in [-0.4, -0.2) is 28.4 Å². The molecule has 0 spiro atoms. The number of carboxylic acids is 1. The third-order valence-electron chi connectivity index (χ3n) is 3.53. The van der Waals surface area contributed by atoms with Gasteiger partial charge in [-0.2, -0.15) is 5.10 Å². The molecule has 2 aromatic carbocycles. The summed E-state index contributed by atoms with van der Waals surface area (Å²) in [6.45, 7) is 0. The lowest BCUT2D eigenvalue weighted by Crippen LogP contribution is -2.24. The number of amides is 2. The van der Waals surface area contributed by atoms with E-state index in [2.05, 4.69) is 15.8 Å². The highest BCUT2D eigenvalue weighted by Gasteiger charge is 2.12. The highest BCUT2D eigenvalue weighted by molar-refractivity contribution is 5.92. The number of aromatic carboxylic acids is 1. The molecule has 0 unspecified atom stereocenters. The van der Waals surface area contributed by atoms with Gasteiger partial charge < -0.3 is 19.9 Å². The van der Waals surface area contributed by atoms with Crippen molar-refractivity contribution in [3.05, 3.63) is 72.0 Å². The van der Waals surface area contributed by atoms with E-state index in [-0.39, 0.29) is 11.3 Å². The lowest BCUT2D eigenvalue weighted by Gasteiger charge is -2.03. The number of phenols is 1. The number of hydrogen-bond acceptors (Lipinski definition) is 5. The number of rotatable bonds is 5. The summed E-state index contributed by atoms with van der Waals surface area (Å²) < 4.78 is 5.55. The molecule has 0 radical (unpaired) electrons. The topological polar surface area (TPSA) is 124 Å². The van der Waals surface area contributed by atoms with Gasteiger partial charge in [0.05, 0.1) is 6.21 Å². The number of anilines is 1. The molecule has 27 heavy (non-hydrogen) atoms. The molecule has 1 aromatic heterocycles. The molecule has 0 saturated heterocycles. The minimum absolute atomic E-state index is 0.224. The first kappa shape index (κ1) is 17.7. The number of hydrogen-bond donors (Lipinski definition) is 4. The Kier molecular flexibility index (Phi) is 5.17. The zero-order valence-electron chi connectivity index (χ0n) is 13.9. The van der Waals surface area contributed by atoms with E-state index in [0.29, 0.717) is 22.8 Å². The van der Waals surface area contributed by atoms with Crippen LogP contribution in [0.3, 0.4) is 0 Å². The highest BCUT2D eigenvalue weighted by atomic mass is 16.4. The van der Waals surface area contributed by atoms with E-state index in [4.69, 9.17) is 9.52 Å². The predicted octanol–water partition coefficient (Wildman–Crippen LogP) is 3.51. The van der Waals surface area contributed by atoms with Gasteiger partial charge in [0.15, 0.2) is 0 Å². The van der Waals surface area contributed by atoms with Crippen molar-refractivity contribution in [1.82, 2.24) is 5.43 Å². The number of hydrazone groups is 1. The van der Waals surface area contributed by atoms with Gasteiger partial charge in [0.1, 0.15) is 22.8 Å². The number of aromatic hydroxyl groups is 1. The fourth-order valence-corrected chi connectivity index (χ4v) is 2.27. The third-order valence-corrected chi connectivity index (χ3v) is 3.53. The molecule has 0 aliphatic carbocycles. The number of nitrogens with one attached hydrogen (secondary N) is 2. The summed E-state index contributed by atoms with van der Waals surface area (Å²) in [7, 11) is 0. The minimum Gasteiger partial charge on any atom is -0.507 e. The number of urea groups is 1. The molecule has 8 heteroatoms. The third kappa shape index (κ3) is 4.51. The molecule has 0 aliphatic heterocycles. The standard InChI is InChI=1S/C19H15N3O5/c23-16-8-6-12(10-15(16)18(24)25)17-9-7-14(27-17)11-20-22-19(26)21-13-4-2-1-3-5-13/h1-11,23H,(H,24,25)(H2,21,22,26). The molecule has 1 heterocycles. The maximum Gasteiger partial charge on any atom is 0.339 e. The average molecular weight is 365 g/mol. The Bertz CT molecular complexity index is 996. The van der Waals surface area contributed by atoms with Gasteiger partial charge in [-0.3, -0.25) is 0 Å². The number of nitrogens with zero attached hydrogens (tertiary/aromatic N) is 1. The van der Waals surface area contributed by atoms with Gasteiger partial charge in [-0.25, -0.2) is 15.0 Å².